The van der Waals surface area contributed by atoms with Gasteiger partial charge in [-0.2, -0.15) is 0 Å². The lowest BCUT2D eigenvalue weighted by Crippen LogP contribution is -2.49. The highest BCUT2D eigenvalue weighted by Crippen LogP contribution is 2.19. The van der Waals surface area contributed by atoms with Gasteiger partial charge in [-0.25, -0.2) is 9.59 Å². The third kappa shape index (κ3) is 3.57. The third-order valence-corrected chi connectivity index (χ3v) is 2.97. The Labute approximate surface area is 99.0 Å². The van der Waals surface area contributed by atoms with E-state index in [0.717, 1.165) is 0 Å². The SMILES string of the molecule is CC(O)C1CCN(C(=O)N[C@@H](CO)C(=O)O)C1. The Hall–Kier alpha value is -1.34. The Kier molecular flexibility index (Phi) is 4.71. The number of hydrogen-bond acceptors (Lipinski definition) is 4. The van der Waals surface area contributed by atoms with E-state index in [1.54, 1.807) is 6.92 Å². The molecule has 0 aromatic heterocycles. The summed E-state index contributed by atoms with van der Waals surface area (Å²) < 4.78 is 0. The molecule has 1 rings (SSSR count). The van der Waals surface area contributed by atoms with E-state index < -0.39 is 30.8 Å². The molecule has 98 valence electrons. The van der Waals surface area contributed by atoms with E-state index in [9.17, 15) is 14.7 Å². The van der Waals surface area contributed by atoms with E-state index in [4.69, 9.17) is 10.2 Å². The quantitative estimate of drug-likeness (QED) is 0.500. The van der Waals surface area contributed by atoms with Crippen LogP contribution in [0.1, 0.15) is 13.3 Å². The van der Waals surface area contributed by atoms with Gasteiger partial charge in [-0.1, -0.05) is 0 Å². The molecule has 0 aliphatic carbocycles. The monoisotopic (exact) mass is 246 g/mol. The Morgan fingerprint density at radius 3 is 2.59 bits per heavy atom. The molecule has 2 amide bonds. The van der Waals surface area contributed by atoms with Crippen LogP contribution in [0.15, 0.2) is 0 Å². The number of rotatable bonds is 4. The van der Waals surface area contributed by atoms with Crippen molar-refractivity contribution in [2.24, 2.45) is 5.92 Å². The van der Waals surface area contributed by atoms with Crippen LogP contribution < -0.4 is 5.32 Å². The first-order valence-corrected chi connectivity index (χ1v) is 5.53. The molecule has 0 radical (unpaired) electrons. The topological polar surface area (TPSA) is 110 Å². The fourth-order valence-corrected chi connectivity index (χ4v) is 1.79. The largest absolute Gasteiger partial charge is 0.480 e. The lowest BCUT2D eigenvalue weighted by Gasteiger charge is -2.20. The number of carbonyl (C=O) groups is 2. The van der Waals surface area contributed by atoms with Crippen LogP contribution in [0.2, 0.25) is 0 Å². The van der Waals surface area contributed by atoms with Crippen LogP contribution in [0.3, 0.4) is 0 Å². The average molecular weight is 246 g/mol. The smallest absolute Gasteiger partial charge is 0.328 e. The van der Waals surface area contributed by atoms with Gasteiger partial charge in [0.25, 0.3) is 0 Å². The Bertz CT molecular complexity index is 294. The van der Waals surface area contributed by atoms with Crippen molar-refractivity contribution in [3.63, 3.8) is 0 Å². The van der Waals surface area contributed by atoms with Gasteiger partial charge < -0.3 is 25.5 Å². The molecule has 1 heterocycles. The summed E-state index contributed by atoms with van der Waals surface area (Å²) >= 11 is 0. The van der Waals surface area contributed by atoms with Crippen molar-refractivity contribution in [2.45, 2.75) is 25.5 Å². The molecule has 1 fully saturated rings. The number of nitrogens with one attached hydrogen (secondary N) is 1. The maximum Gasteiger partial charge on any atom is 0.328 e. The molecule has 0 saturated carbocycles. The lowest BCUT2D eigenvalue weighted by atomic mass is 10.0. The maximum absolute atomic E-state index is 11.6. The van der Waals surface area contributed by atoms with Gasteiger partial charge >= 0.3 is 12.0 Å². The summed E-state index contributed by atoms with van der Waals surface area (Å²) in [5.41, 5.74) is 0. The Morgan fingerprint density at radius 1 is 1.53 bits per heavy atom. The van der Waals surface area contributed by atoms with E-state index in [1.165, 1.54) is 4.90 Å². The summed E-state index contributed by atoms with van der Waals surface area (Å²) in [7, 11) is 0. The fourth-order valence-electron chi connectivity index (χ4n) is 1.79. The predicted octanol–water partition coefficient (Wildman–Crippen LogP) is -1.16. The zero-order valence-electron chi connectivity index (χ0n) is 9.67. The second-order valence-corrected chi connectivity index (χ2v) is 4.26. The third-order valence-electron chi connectivity index (χ3n) is 2.97. The molecule has 2 unspecified atom stereocenters. The minimum atomic E-state index is -1.28. The summed E-state index contributed by atoms with van der Waals surface area (Å²) in [6.45, 7) is 1.91. The van der Waals surface area contributed by atoms with E-state index >= 15 is 0 Å². The van der Waals surface area contributed by atoms with Crippen LogP contribution in [0, 0.1) is 5.92 Å². The molecule has 17 heavy (non-hydrogen) atoms. The summed E-state index contributed by atoms with van der Waals surface area (Å²) in [6.07, 6.45) is 0.211. The number of aliphatic carboxylic acids is 1. The predicted molar refractivity (Wildman–Crippen MR) is 58.4 cm³/mol. The Balaban J connectivity index is 2.47. The molecule has 1 aliphatic heterocycles. The van der Waals surface area contributed by atoms with Crippen molar-refractivity contribution >= 4 is 12.0 Å². The molecule has 7 heteroatoms. The van der Waals surface area contributed by atoms with E-state index in [1.807, 2.05) is 0 Å². The number of amides is 2. The molecule has 1 saturated heterocycles. The van der Waals surface area contributed by atoms with E-state index in [0.29, 0.717) is 19.5 Å². The number of urea groups is 1. The number of aliphatic hydroxyl groups excluding tert-OH is 2. The van der Waals surface area contributed by atoms with Crippen molar-refractivity contribution in [1.29, 1.82) is 0 Å². The van der Waals surface area contributed by atoms with Crippen LogP contribution >= 0.6 is 0 Å². The second-order valence-electron chi connectivity index (χ2n) is 4.26. The highest BCUT2D eigenvalue weighted by molar-refractivity contribution is 5.82. The van der Waals surface area contributed by atoms with Crippen LogP contribution in [0.4, 0.5) is 4.79 Å². The molecule has 4 N–H and O–H groups in total. The molecule has 0 aromatic carbocycles. The van der Waals surface area contributed by atoms with Crippen molar-refractivity contribution in [2.75, 3.05) is 19.7 Å². The summed E-state index contributed by atoms with van der Waals surface area (Å²) in [5.74, 6) is -1.25. The highest BCUT2D eigenvalue weighted by Gasteiger charge is 2.30. The molecule has 0 aromatic rings. The number of aliphatic hydroxyl groups is 2. The van der Waals surface area contributed by atoms with Gasteiger partial charge in [-0.3, -0.25) is 0 Å². The second kappa shape index (κ2) is 5.83. The van der Waals surface area contributed by atoms with E-state index in [-0.39, 0.29) is 5.92 Å². The van der Waals surface area contributed by atoms with Gasteiger partial charge in [-0.15, -0.1) is 0 Å². The zero-order valence-corrected chi connectivity index (χ0v) is 9.67. The molecular formula is C10H18N2O5. The molecular weight excluding hydrogens is 228 g/mol. The minimum Gasteiger partial charge on any atom is -0.480 e. The number of likely N-dealkylation sites (tertiary alicyclic amines) is 1. The van der Waals surface area contributed by atoms with Gasteiger partial charge in [0, 0.05) is 19.0 Å². The van der Waals surface area contributed by atoms with Gasteiger partial charge in [0.1, 0.15) is 0 Å². The fraction of sp³-hybridized carbons (Fsp3) is 0.800. The number of carboxylic acids is 1. The lowest BCUT2D eigenvalue weighted by molar-refractivity contribution is -0.140. The van der Waals surface area contributed by atoms with Crippen molar-refractivity contribution in [1.82, 2.24) is 10.2 Å². The van der Waals surface area contributed by atoms with Gasteiger partial charge in [-0.05, 0) is 13.3 Å². The molecule has 1 aliphatic rings. The maximum atomic E-state index is 11.6. The zero-order chi connectivity index (χ0) is 13.0. The van der Waals surface area contributed by atoms with Gasteiger partial charge in [0.2, 0.25) is 0 Å². The van der Waals surface area contributed by atoms with Crippen molar-refractivity contribution < 1.29 is 24.9 Å². The summed E-state index contributed by atoms with van der Waals surface area (Å²) in [4.78, 5) is 23.7. The Morgan fingerprint density at radius 2 is 2.18 bits per heavy atom. The molecule has 0 spiro atoms. The van der Waals surface area contributed by atoms with Crippen molar-refractivity contribution in [3.8, 4) is 0 Å². The standard InChI is InChI=1S/C10H18N2O5/c1-6(14)7-2-3-12(4-7)10(17)11-8(5-13)9(15)16/h6-8,13-14H,2-5H2,1H3,(H,11,17)(H,15,16)/t6?,7?,8-/m0/s1. The van der Waals surface area contributed by atoms with Gasteiger partial charge in [0.05, 0.1) is 12.7 Å². The molecule has 0 bridgehead atoms. The van der Waals surface area contributed by atoms with Crippen LogP contribution in [-0.4, -0.2) is 64.1 Å². The summed E-state index contributed by atoms with van der Waals surface area (Å²) in [5, 5.41) is 29.0. The number of nitrogens with zero attached hydrogens (tertiary/aromatic N) is 1. The van der Waals surface area contributed by atoms with E-state index in [2.05, 4.69) is 5.32 Å². The minimum absolute atomic E-state index is 0.0261. The normalized spacial score (nSPS) is 23.2. The molecule has 3 atom stereocenters. The first-order valence-electron chi connectivity index (χ1n) is 5.53. The number of carboxylic acid groups (broad SMARTS) is 1. The molecule has 7 nitrogen and oxygen atoms in total. The number of carbonyl (C=O) groups excluding carboxylic acids is 1. The van der Waals surface area contributed by atoms with Crippen LogP contribution in [0.25, 0.3) is 0 Å². The van der Waals surface area contributed by atoms with Crippen LogP contribution in [-0.2, 0) is 4.79 Å². The first-order chi connectivity index (χ1) is 7.95. The first kappa shape index (κ1) is 13.7. The van der Waals surface area contributed by atoms with Crippen LogP contribution in [0.5, 0.6) is 0 Å². The average Bonchev–Trinajstić information content (AvgIpc) is 2.74. The highest BCUT2D eigenvalue weighted by atomic mass is 16.4. The summed E-state index contributed by atoms with van der Waals surface area (Å²) in [6, 6.07) is -1.80. The van der Waals surface area contributed by atoms with Crippen molar-refractivity contribution in [3.05, 3.63) is 0 Å². The number of hydrogen-bond donors (Lipinski definition) is 4. The van der Waals surface area contributed by atoms with Gasteiger partial charge in [0.15, 0.2) is 6.04 Å².